The summed E-state index contributed by atoms with van der Waals surface area (Å²) in [5.41, 5.74) is 2.93. The van der Waals surface area contributed by atoms with Crippen LogP contribution in [0.4, 0.5) is 0 Å². The summed E-state index contributed by atoms with van der Waals surface area (Å²) < 4.78 is 9.36. The molecule has 0 radical (unpaired) electrons. The Kier molecular flexibility index (Phi) is 3.36. The summed E-state index contributed by atoms with van der Waals surface area (Å²) in [6, 6.07) is 7.92. The third kappa shape index (κ3) is 2.52. The highest BCUT2D eigenvalue weighted by atomic mass is 16.4. The van der Waals surface area contributed by atoms with Gasteiger partial charge in [0.05, 0.1) is 11.0 Å². The van der Waals surface area contributed by atoms with E-state index in [1.807, 2.05) is 28.8 Å². The van der Waals surface area contributed by atoms with Crippen LogP contribution >= 0.6 is 0 Å². The van der Waals surface area contributed by atoms with Crippen molar-refractivity contribution in [3.63, 3.8) is 0 Å². The van der Waals surface area contributed by atoms with Crippen LogP contribution in [0.3, 0.4) is 0 Å². The number of hydrogen-bond donors (Lipinski definition) is 0. The van der Waals surface area contributed by atoms with Crippen molar-refractivity contribution in [3.8, 4) is 0 Å². The van der Waals surface area contributed by atoms with E-state index in [1.165, 1.54) is 6.42 Å². The molecule has 0 N–H and O–H groups in total. The molecule has 2 aromatic heterocycles. The van der Waals surface area contributed by atoms with E-state index in [2.05, 4.69) is 16.3 Å². The number of benzene rings is 1. The predicted molar refractivity (Wildman–Crippen MR) is 94.3 cm³/mol. The molecule has 25 heavy (non-hydrogen) atoms. The fraction of sp³-hybridized carbons (Fsp3) is 0.421. The number of para-hydroxylation sites is 2. The molecule has 6 heteroatoms. The molecular weight excluding hydrogens is 316 g/mol. The highest BCUT2D eigenvalue weighted by molar-refractivity contribution is 5.80. The van der Waals surface area contributed by atoms with Gasteiger partial charge >= 0.3 is 5.69 Å². The molecule has 0 spiro atoms. The Bertz CT molecular complexity index is 1020. The summed E-state index contributed by atoms with van der Waals surface area (Å²) in [6.07, 6.45) is 8.74. The number of aromatic nitrogens is 4. The van der Waals surface area contributed by atoms with E-state index in [1.54, 1.807) is 4.57 Å². The molecule has 0 aliphatic heterocycles. The maximum Gasteiger partial charge on any atom is 0.333 e. The molecule has 0 bridgehead atoms. The number of nitrogens with zero attached hydrogens (tertiary/aromatic N) is 4. The Balaban J connectivity index is 1.61. The fourth-order valence-electron chi connectivity index (χ4n) is 3.62. The van der Waals surface area contributed by atoms with Crippen LogP contribution in [-0.4, -0.2) is 19.3 Å². The van der Waals surface area contributed by atoms with Crippen LogP contribution in [0.25, 0.3) is 16.7 Å². The summed E-state index contributed by atoms with van der Waals surface area (Å²) in [5, 5.41) is 8.27. The van der Waals surface area contributed by atoms with Gasteiger partial charge in [0.2, 0.25) is 11.8 Å². The maximum atomic E-state index is 13.1. The molecule has 2 aliphatic carbocycles. The predicted octanol–water partition coefficient (Wildman–Crippen LogP) is 3.53. The van der Waals surface area contributed by atoms with Crippen LogP contribution < -0.4 is 5.69 Å². The second-order valence-corrected chi connectivity index (χ2v) is 6.94. The molecule has 0 atom stereocenters. The van der Waals surface area contributed by atoms with Gasteiger partial charge in [0.1, 0.15) is 6.54 Å². The lowest BCUT2D eigenvalue weighted by Gasteiger charge is -2.13. The van der Waals surface area contributed by atoms with Crippen LogP contribution in [0.2, 0.25) is 0 Å². The molecule has 0 saturated heterocycles. The minimum absolute atomic E-state index is 0.0273. The summed E-state index contributed by atoms with van der Waals surface area (Å²) in [7, 11) is 0. The standard InChI is InChI=1S/C19H20N4O2/c24-19-22(12-17-20-21-18(25-17)13-10-11-13)15-8-4-5-9-16(15)23(19)14-6-2-1-3-7-14/h4-6,8-9,13H,1-3,7,10-12H2. The van der Waals surface area contributed by atoms with Crippen molar-refractivity contribution in [2.45, 2.75) is 51.0 Å². The van der Waals surface area contributed by atoms with E-state index in [9.17, 15) is 4.79 Å². The molecule has 3 aromatic rings. The van der Waals surface area contributed by atoms with Gasteiger partial charge in [-0.25, -0.2) is 4.79 Å². The van der Waals surface area contributed by atoms with Crippen LogP contribution in [0.5, 0.6) is 0 Å². The lowest BCUT2D eigenvalue weighted by Crippen LogP contribution is -2.25. The number of hydrogen-bond acceptors (Lipinski definition) is 4. The number of fused-ring (bicyclic) bond motifs is 1. The minimum Gasteiger partial charge on any atom is -0.423 e. The van der Waals surface area contributed by atoms with Gasteiger partial charge in [-0.05, 0) is 50.7 Å². The summed E-state index contributed by atoms with van der Waals surface area (Å²) in [6.45, 7) is 0.319. The van der Waals surface area contributed by atoms with Gasteiger partial charge in [0, 0.05) is 11.6 Å². The minimum atomic E-state index is -0.0273. The molecule has 1 aromatic carbocycles. The largest absolute Gasteiger partial charge is 0.423 e. The van der Waals surface area contributed by atoms with Crippen LogP contribution in [-0.2, 0) is 6.54 Å². The second kappa shape index (κ2) is 5.72. The van der Waals surface area contributed by atoms with E-state index in [0.717, 1.165) is 48.8 Å². The Labute approximate surface area is 144 Å². The zero-order valence-corrected chi connectivity index (χ0v) is 14.0. The smallest absolute Gasteiger partial charge is 0.333 e. The molecule has 2 heterocycles. The molecule has 0 unspecified atom stereocenters. The van der Waals surface area contributed by atoms with E-state index >= 15 is 0 Å². The van der Waals surface area contributed by atoms with Crippen molar-refractivity contribution in [3.05, 3.63) is 52.6 Å². The first-order valence-electron chi connectivity index (χ1n) is 9.03. The first-order valence-corrected chi connectivity index (χ1v) is 9.03. The SMILES string of the molecule is O=c1n(Cc2nnc(C3CC3)o2)c2ccccc2n1C1=CCCCC1. The number of imidazole rings is 1. The van der Waals surface area contributed by atoms with Gasteiger partial charge in [-0.1, -0.05) is 18.2 Å². The van der Waals surface area contributed by atoms with Crippen molar-refractivity contribution >= 4 is 16.7 Å². The van der Waals surface area contributed by atoms with Crippen molar-refractivity contribution in [1.29, 1.82) is 0 Å². The Hall–Kier alpha value is -2.63. The zero-order valence-electron chi connectivity index (χ0n) is 14.0. The van der Waals surface area contributed by atoms with Crippen LogP contribution in [0, 0.1) is 0 Å². The average Bonchev–Trinajstić information content (AvgIpc) is 3.33. The van der Waals surface area contributed by atoms with Gasteiger partial charge in [0.15, 0.2) is 0 Å². The topological polar surface area (TPSA) is 65.8 Å². The number of allylic oxidation sites excluding steroid dienone is 2. The van der Waals surface area contributed by atoms with Crippen molar-refractivity contribution in [2.75, 3.05) is 0 Å². The van der Waals surface area contributed by atoms with Crippen molar-refractivity contribution < 1.29 is 4.42 Å². The summed E-state index contributed by atoms with van der Waals surface area (Å²) in [5.74, 6) is 1.64. The van der Waals surface area contributed by atoms with Crippen molar-refractivity contribution in [1.82, 2.24) is 19.3 Å². The fourth-order valence-corrected chi connectivity index (χ4v) is 3.62. The maximum absolute atomic E-state index is 13.1. The highest BCUT2D eigenvalue weighted by Crippen LogP contribution is 2.39. The van der Waals surface area contributed by atoms with E-state index in [4.69, 9.17) is 4.42 Å². The first kappa shape index (κ1) is 14.7. The van der Waals surface area contributed by atoms with Crippen LogP contribution in [0.1, 0.15) is 56.2 Å². The lowest BCUT2D eigenvalue weighted by atomic mass is 10.0. The Morgan fingerprint density at radius 2 is 1.96 bits per heavy atom. The molecule has 1 fully saturated rings. The molecule has 1 saturated carbocycles. The number of rotatable bonds is 4. The molecule has 6 nitrogen and oxygen atoms in total. The summed E-state index contributed by atoms with van der Waals surface area (Å²) >= 11 is 0. The van der Waals surface area contributed by atoms with E-state index < -0.39 is 0 Å². The molecular formula is C19H20N4O2. The van der Waals surface area contributed by atoms with Gasteiger partial charge < -0.3 is 4.42 Å². The van der Waals surface area contributed by atoms with E-state index in [-0.39, 0.29) is 5.69 Å². The highest BCUT2D eigenvalue weighted by Gasteiger charge is 2.29. The monoisotopic (exact) mass is 336 g/mol. The van der Waals surface area contributed by atoms with Crippen LogP contribution in [0.15, 0.2) is 39.6 Å². The molecule has 5 rings (SSSR count). The van der Waals surface area contributed by atoms with Crippen molar-refractivity contribution in [2.24, 2.45) is 0 Å². The Morgan fingerprint density at radius 3 is 2.72 bits per heavy atom. The molecule has 2 aliphatic rings. The van der Waals surface area contributed by atoms with Gasteiger partial charge in [0.25, 0.3) is 0 Å². The second-order valence-electron chi connectivity index (χ2n) is 6.94. The van der Waals surface area contributed by atoms with Gasteiger partial charge in [-0.2, -0.15) is 0 Å². The van der Waals surface area contributed by atoms with Gasteiger partial charge in [-0.15, -0.1) is 10.2 Å². The lowest BCUT2D eigenvalue weighted by molar-refractivity contribution is 0.439. The van der Waals surface area contributed by atoms with E-state index in [0.29, 0.717) is 24.2 Å². The zero-order chi connectivity index (χ0) is 16.8. The molecule has 128 valence electrons. The third-order valence-corrected chi connectivity index (χ3v) is 5.09. The summed E-state index contributed by atoms with van der Waals surface area (Å²) in [4.78, 5) is 13.1. The normalized spacial score (nSPS) is 17.8. The Morgan fingerprint density at radius 1 is 1.12 bits per heavy atom. The van der Waals surface area contributed by atoms with Gasteiger partial charge in [-0.3, -0.25) is 9.13 Å². The molecule has 0 amide bonds. The third-order valence-electron chi connectivity index (χ3n) is 5.09. The first-order chi connectivity index (χ1) is 12.3. The quantitative estimate of drug-likeness (QED) is 0.731. The average molecular weight is 336 g/mol.